The number of thioether (sulfide) groups is 1. The Morgan fingerprint density at radius 2 is 2.04 bits per heavy atom. The molecular weight excluding hydrogens is 346 g/mol. The number of aromatic nitrogens is 1. The average Bonchev–Trinajstić information content (AvgIpc) is 2.97. The number of amides is 1. The van der Waals surface area contributed by atoms with Gasteiger partial charge >= 0.3 is 0 Å². The molecule has 0 saturated carbocycles. The van der Waals surface area contributed by atoms with E-state index in [9.17, 15) is 4.79 Å². The van der Waals surface area contributed by atoms with E-state index >= 15 is 0 Å². The predicted octanol–water partition coefficient (Wildman–Crippen LogP) is 3.19. The molecule has 7 heteroatoms. The summed E-state index contributed by atoms with van der Waals surface area (Å²) in [6, 6.07) is 9.49. The van der Waals surface area contributed by atoms with Crippen LogP contribution in [-0.4, -0.2) is 47.3 Å². The van der Waals surface area contributed by atoms with Crippen molar-refractivity contribution in [2.24, 2.45) is 4.99 Å². The summed E-state index contributed by atoms with van der Waals surface area (Å²) >= 11 is 7.59. The second kappa shape index (κ2) is 6.55. The molecule has 0 aliphatic carbocycles. The minimum atomic E-state index is -0.220. The molecule has 4 rings (SSSR count). The summed E-state index contributed by atoms with van der Waals surface area (Å²) in [7, 11) is 0. The van der Waals surface area contributed by atoms with Gasteiger partial charge in [0.25, 0.3) is 5.91 Å². The van der Waals surface area contributed by atoms with Crippen LogP contribution in [-0.2, 0) is 9.53 Å². The fourth-order valence-corrected chi connectivity index (χ4v) is 3.80. The number of hydrogen-bond acceptors (Lipinski definition) is 5. The summed E-state index contributed by atoms with van der Waals surface area (Å²) in [5, 5.41) is 2.32. The van der Waals surface area contributed by atoms with Crippen LogP contribution in [0.25, 0.3) is 17.0 Å². The molecule has 3 heterocycles. The number of aliphatic imine (C=N–C) groups is 1. The second-order valence-electron chi connectivity index (χ2n) is 5.46. The van der Waals surface area contributed by atoms with Crippen molar-refractivity contribution in [3.63, 3.8) is 0 Å². The lowest BCUT2D eigenvalue weighted by molar-refractivity contribution is -0.113. The number of fused-ring (bicyclic) bond motifs is 1. The molecule has 2 aliphatic heterocycles. The summed E-state index contributed by atoms with van der Waals surface area (Å²) in [5.74, 6) is -0.220. The molecule has 24 heavy (non-hydrogen) atoms. The lowest BCUT2D eigenvalue weighted by Gasteiger charge is -2.27. The number of carbonyl (C=O) groups is 1. The molecule has 0 atom stereocenters. The number of halogens is 1. The number of ether oxygens (including phenoxy) is 1. The largest absolute Gasteiger partial charge is 0.378 e. The van der Waals surface area contributed by atoms with Crippen molar-refractivity contribution >= 4 is 51.4 Å². The first-order chi connectivity index (χ1) is 11.7. The van der Waals surface area contributed by atoms with Gasteiger partial charge in [0.15, 0.2) is 5.17 Å². The zero-order valence-corrected chi connectivity index (χ0v) is 14.3. The van der Waals surface area contributed by atoms with E-state index in [1.165, 1.54) is 11.8 Å². The fraction of sp³-hybridized carbons (Fsp3) is 0.235. The van der Waals surface area contributed by atoms with Crippen molar-refractivity contribution in [2.45, 2.75) is 0 Å². The van der Waals surface area contributed by atoms with Gasteiger partial charge in [0, 0.05) is 18.5 Å². The Hall–Kier alpha value is -1.89. The highest BCUT2D eigenvalue weighted by atomic mass is 35.5. The highest BCUT2D eigenvalue weighted by Crippen LogP contribution is 2.31. The first-order valence-electron chi connectivity index (χ1n) is 7.61. The third-order valence-electron chi connectivity index (χ3n) is 3.86. The van der Waals surface area contributed by atoms with E-state index in [2.05, 4.69) is 14.9 Å². The summed E-state index contributed by atoms with van der Waals surface area (Å²) in [6.45, 7) is 2.85. The number of rotatable bonds is 1. The van der Waals surface area contributed by atoms with Crippen LogP contribution in [0.3, 0.4) is 0 Å². The van der Waals surface area contributed by atoms with E-state index < -0.39 is 0 Å². The van der Waals surface area contributed by atoms with E-state index in [1.54, 1.807) is 6.08 Å². The third kappa shape index (κ3) is 3.05. The maximum absolute atomic E-state index is 12.2. The maximum atomic E-state index is 12.2. The van der Waals surface area contributed by atoms with Gasteiger partial charge in [-0.1, -0.05) is 29.8 Å². The summed E-state index contributed by atoms with van der Waals surface area (Å²) in [6.07, 6.45) is 1.77. The van der Waals surface area contributed by atoms with Gasteiger partial charge in [-0.05, 0) is 30.0 Å². The molecule has 1 saturated heterocycles. The maximum Gasteiger partial charge on any atom is 0.286 e. The van der Waals surface area contributed by atoms with Crippen molar-refractivity contribution in [2.75, 3.05) is 26.3 Å². The van der Waals surface area contributed by atoms with Gasteiger partial charge in [-0.2, -0.15) is 4.99 Å². The molecule has 0 bridgehead atoms. The zero-order valence-electron chi connectivity index (χ0n) is 12.7. The second-order valence-corrected chi connectivity index (χ2v) is 6.87. The van der Waals surface area contributed by atoms with Crippen molar-refractivity contribution < 1.29 is 9.53 Å². The molecule has 2 aliphatic rings. The molecule has 0 radical (unpaired) electrons. The molecule has 1 aromatic heterocycles. The normalized spacial score (nSPS) is 20.0. The Balaban J connectivity index is 1.60. The average molecular weight is 360 g/mol. The van der Waals surface area contributed by atoms with Crippen molar-refractivity contribution in [1.82, 2.24) is 9.88 Å². The molecule has 122 valence electrons. The fourth-order valence-electron chi connectivity index (χ4n) is 2.63. The van der Waals surface area contributed by atoms with Crippen molar-refractivity contribution in [3.8, 4) is 0 Å². The minimum absolute atomic E-state index is 0.220. The minimum Gasteiger partial charge on any atom is -0.378 e. The van der Waals surface area contributed by atoms with E-state index in [0.717, 1.165) is 29.2 Å². The highest BCUT2D eigenvalue weighted by molar-refractivity contribution is 8.18. The number of pyridine rings is 1. The van der Waals surface area contributed by atoms with E-state index in [4.69, 9.17) is 16.3 Å². The SMILES string of the molecule is O=C1N=C(N2CCOCC2)SC1=Cc1ccc2cccc(Cl)c2n1. The molecule has 2 aromatic rings. The Bertz CT molecular complexity index is 875. The van der Waals surface area contributed by atoms with Gasteiger partial charge in [0.1, 0.15) is 0 Å². The number of para-hydroxylation sites is 1. The first-order valence-corrected chi connectivity index (χ1v) is 8.81. The molecule has 0 spiro atoms. The molecule has 1 aromatic carbocycles. The monoisotopic (exact) mass is 359 g/mol. The van der Waals surface area contributed by atoms with Gasteiger partial charge < -0.3 is 9.64 Å². The lowest BCUT2D eigenvalue weighted by atomic mass is 10.2. The lowest BCUT2D eigenvalue weighted by Crippen LogP contribution is -2.38. The van der Waals surface area contributed by atoms with Crippen LogP contribution in [0.1, 0.15) is 5.69 Å². The highest BCUT2D eigenvalue weighted by Gasteiger charge is 2.27. The number of benzene rings is 1. The van der Waals surface area contributed by atoms with Crippen molar-refractivity contribution in [1.29, 1.82) is 0 Å². The van der Waals surface area contributed by atoms with Gasteiger partial charge in [-0.3, -0.25) is 4.79 Å². The van der Waals surface area contributed by atoms with Crippen LogP contribution in [0.5, 0.6) is 0 Å². The topological polar surface area (TPSA) is 54.8 Å². The van der Waals surface area contributed by atoms with Crippen LogP contribution < -0.4 is 0 Å². The molecule has 0 unspecified atom stereocenters. The van der Waals surface area contributed by atoms with Crippen LogP contribution >= 0.6 is 23.4 Å². The van der Waals surface area contributed by atoms with E-state index in [0.29, 0.717) is 28.8 Å². The Kier molecular flexibility index (Phi) is 4.26. The Labute approximate surface area is 148 Å². The van der Waals surface area contributed by atoms with Crippen LogP contribution in [0.4, 0.5) is 0 Å². The van der Waals surface area contributed by atoms with Crippen LogP contribution in [0.2, 0.25) is 5.02 Å². The van der Waals surface area contributed by atoms with Gasteiger partial charge in [-0.25, -0.2) is 4.98 Å². The molecular formula is C17H14ClN3O2S. The molecule has 1 fully saturated rings. The molecule has 1 amide bonds. The standard InChI is InChI=1S/C17H14ClN3O2S/c18-13-3-1-2-11-4-5-12(19-15(11)13)10-14-16(22)20-17(24-14)21-6-8-23-9-7-21/h1-5,10H,6-9H2. The first kappa shape index (κ1) is 15.6. The summed E-state index contributed by atoms with van der Waals surface area (Å²) < 4.78 is 5.33. The van der Waals surface area contributed by atoms with Crippen LogP contribution in [0.15, 0.2) is 40.2 Å². The van der Waals surface area contributed by atoms with Gasteiger partial charge in [0.2, 0.25) is 0 Å². The van der Waals surface area contributed by atoms with Gasteiger partial charge in [-0.15, -0.1) is 0 Å². The van der Waals surface area contributed by atoms with Crippen LogP contribution in [0, 0.1) is 0 Å². The van der Waals surface area contributed by atoms with E-state index in [-0.39, 0.29) is 5.91 Å². The summed E-state index contributed by atoms with van der Waals surface area (Å²) in [4.78, 5) is 23.5. The molecule has 0 N–H and O–H groups in total. The van der Waals surface area contributed by atoms with Crippen molar-refractivity contribution in [3.05, 3.63) is 46.0 Å². The number of hydrogen-bond donors (Lipinski definition) is 0. The molecule has 5 nitrogen and oxygen atoms in total. The zero-order chi connectivity index (χ0) is 16.5. The number of morpholine rings is 1. The quantitative estimate of drug-likeness (QED) is 0.732. The van der Waals surface area contributed by atoms with Gasteiger partial charge in [0.05, 0.1) is 34.4 Å². The summed E-state index contributed by atoms with van der Waals surface area (Å²) in [5.41, 5.74) is 1.43. The Morgan fingerprint density at radius 1 is 1.21 bits per heavy atom. The number of carbonyl (C=O) groups excluding carboxylic acids is 1. The smallest absolute Gasteiger partial charge is 0.286 e. The van der Waals surface area contributed by atoms with E-state index in [1.807, 2.05) is 30.3 Å². The predicted molar refractivity (Wildman–Crippen MR) is 97.2 cm³/mol. The number of amidine groups is 1. The Morgan fingerprint density at radius 3 is 2.88 bits per heavy atom. The third-order valence-corrected chi connectivity index (χ3v) is 5.21. The number of nitrogens with zero attached hydrogens (tertiary/aromatic N) is 3.